The van der Waals surface area contributed by atoms with Crippen LogP contribution >= 0.6 is 0 Å². The van der Waals surface area contributed by atoms with Crippen molar-refractivity contribution in [2.75, 3.05) is 0 Å². The van der Waals surface area contributed by atoms with Gasteiger partial charge in [-0.15, -0.1) is 0 Å². The molecule has 0 amide bonds. The van der Waals surface area contributed by atoms with E-state index < -0.39 is 92.5 Å². The summed E-state index contributed by atoms with van der Waals surface area (Å²) in [6.45, 7) is 0. The molecule has 3 atom stereocenters. The molecular formula is C17H20F3KO10. The number of aliphatic carboxylic acids is 3. The molecule has 0 fully saturated rings. The van der Waals surface area contributed by atoms with Gasteiger partial charge in [-0.2, -0.15) is 0 Å². The Labute approximate surface area is 216 Å². The van der Waals surface area contributed by atoms with E-state index in [1.807, 2.05) is 0 Å². The SMILES string of the molecule is O=C([O-])OC(=O)/C=C/C(CCC(F)C(=O)O)(CCC(F)C(=O)O)CCC(F)C(=O)O.[K+]. The monoisotopic (exact) mass is 480 g/mol. The van der Waals surface area contributed by atoms with Crippen molar-refractivity contribution in [3.8, 4) is 0 Å². The minimum absolute atomic E-state index is 0. The van der Waals surface area contributed by atoms with Crippen LogP contribution in [0.2, 0.25) is 0 Å². The zero-order chi connectivity index (χ0) is 23.5. The summed E-state index contributed by atoms with van der Waals surface area (Å²) in [6, 6.07) is 0. The van der Waals surface area contributed by atoms with Crippen LogP contribution in [0, 0.1) is 5.41 Å². The van der Waals surface area contributed by atoms with Crippen LogP contribution in [0.5, 0.6) is 0 Å². The molecule has 0 rings (SSSR count). The van der Waals surface area contributed by atoms with Gasteiger partial charge in [-0.05, 0) is 43.9 Å². The van der Waals surface area contributed by atoms with Crippen molar-refractivity contribution in [2.45, 2.75) is 57.0 Å². The number of carboxylic acid groups (broad SMARTS) is 4. The van der Waals surface area contributed by atoms with E-state index in [-0.39, 0.29) is 51.4 Å². The van der Waals surface area contributed by atoms with Crippen molar-refractivity contribution in [3.63, 3.8) is 0 Å². The Bertz CT molecular complexity index is 625. The quantitative estimate of drug-likeness (QED) is 0.109. The normalized spacial score (nSPS) is 15.7. The molecule has 0 aliphatic heterocycles. The van der Waals surface area contributed by atoms with E-state index >= 15 is 0 Å². The zero-order valence-corrected chi connectivity index (χ0v) is 19.6. The fourth-order valence-electron chi connectivity index (χ4n) is 2.60. The first-order valence-corrected chi connectivity index (χ1v) is 8.52. The predicted octanol–water partition coefficient (Wildman–Crippen LogP) is -1.97. The third kappa shape index (κ3) is 13.5. The smallest absolute Gasteiger partial charge is 0.481 e. The number of alkyl halides is 3. The Morgan fingerprint density at radius 1 is 0.806 bits per heavy atom. The van der Waals surface area contributed by atoms with Crippen molar-refractivity contribution in [3.05, 3.63) is 12.2 Å². The molecule has 0 saturated heterocycles. The number of halogens is 3. The molecule has 0 heterocycles. The van der Waals surface area contributed by atoms with Crippen LogP contribution in [0.15, 0.2) is 12.2 Å². The maximum absolute atomic E-state index is 13.5. The Balaban J connectivity index is 0. The average Bonchev–Trinajstić information content (AvgIpc) is 2.64. The first-order valence-electron chi connectivity index (χ1n) is 8.52. The van der Waals surface area contributed by atoms with E-state index in [0.717, 1.165) is 6.08 Å². The molecule has 0 spiro atoms. The number of rotatable bonds is 14. The van der Waals surface area contributed by atoms with Gasteiger partial charge in [0.1, 0.15) is 0 Å². The van der Waals surface area contributed by atoms with Crippen LogP contribution in [-0.4, -0.2) is 63.9 Å². The Kier molecular flexibility index (Phi) is 15.7. The number of esters is 1. The summed E-state index contributed by atoms with van der Waals surface area (Å²) >= 11 is 0. The standard InChI is InChI=1S/C17H21F3O10.K/c18-9(13(22)23)1-5-17(6-2-10(19)14(24)25,7-3-11(20)15(26)27)8-4-12(21)30-16(28)29;/h4,8-11H,1-3,5-7H2,(H,22,23)(H,24,25)(H,26,27)(H,28,29);/q;+1/p-1/b8-4+;. The summed E-state index contributed by atoms with van der Waals surface area (Å²) in [4.78, 5) is 53.8. The summed E-state index contributed by atoms with van der Waals surface area (Å²) in [5.74, 6) is -7.01. The maximum Gasteiger partial charge on any atom is 1.00 e. The van der Waals surface area contributed by atoms with Gasteiger partial charge in [0.15, 0.2) is 18.5 Å². The summed E-state index contributed by atoms with van der Waals surface area (Å²) < 4.78 is 44.3. The van der Waals surface area contributed by atoms with Crippen molar-refractivity contribution in [1.29, 1.82) is 0 Å². The van der Waals surface area contributed by atoms with Crippen LogP contribution in [0.25, 0.3) is 0 Å². The van der Waals surface area contributed by atoms with Crippen LogP contribution in [0.3, 0.4) is 0 Å². The molecule has 31 heavy (non-hydrogen) atoms. The Morgan fingerprint density at radius 2 is 1.13 bits per heavy atom. The molecule has 0 aromatic rings. The summed E-state index contributed by atoms with van der Waals surface area (Å²) in [7, 11) is 0. The average molecular weight is 480 g/mol. The van der Waals surface area contributed by atoms with Gasteiger partial charge < -0.3 is 30.0 Å². The van der Waals surface area contributed by atoms with Crippen molar-refractivity contribution >= 4 is 30.0 Å². The van der Waals surface area contributed by atoms with E-state index in [4.69, 9.17) is 15.3 Å². The first-order chi connectivity index (χ1) is 13.8. The molecule has 0 radical (unpaired) electrons. The largest absolute Gasteiger partial charge is 1.00 e. The fraction of sp³-hybridized carbons (Fsp3) is 0.588. The predicted molar refractivity (Wildman–Crippen MR) is 88.4 cm³/mol. The van der Waals surface area contributed by atoms with E-state index in [2.05, 4.69) is 4.74 Å². The van der Waals surface area contributed by atoms with Crippen LogP contribution in [0.4, 0.5) is 18.0 Å². The molecule has 0 aromatic carbocycles. The second-order valence-corrected chi connectivity index (χ2v) is 6.40. The second kappa shape index (κ2) is 15.3. The molecule has 14 heteroatoms. The van der Waals surface area contributed by atoms with E-state index in [9.17, 15) is 42.3 Å². The molecule has 0 aliphatic carbocycles. The van der Waals surface area contributed by atoms with Crippen molar-refractivity contribution in [1.82, 2.24) is 0 Å². The van der Waals surface area contributed by atoms with Crippen molar-refractivity contribution < 1.29 is 114 Å². The van der Waals surface area contributed by atoms with Gasteiger partial charge in [-0.25, -0.2) is 27.6 Å². The van der Waals surface area contributed by atoms with Gasteiger partial charge in [0, 0.05) is 6.08 Å². The van der Waals surface area contributed by atoms with Gasteiger partial charge in [-0.1, -0.05) is 6.08 Å². The Hall–Kier alpha value is -1.48. The third-order valence-corrected chi connectivity index (χ3v) is 4.25. The van der Waals surface area contributed by atoms with Crippen LogP contribution < -0.4 is 56.5 Å². The number of hydrogen-bond acceptors (Lipinski definition) is 7. The van der Waals surface area contributed by atoms with Gasteiger partial charge in [0.2, 0.25) is 0 Å². The van der Waals surface area contributed by atoms with Gasteiger partial charge in [0.05, 0.1) is 0 Å². The molecule has 0 aliphatic rings. The molecular weight excluding hydrogens is 460 g/mol. The number of carbonyl (C=O) groups excluding carboxylic acids is 2. The number of carbonyl (C=O) groups is 5. The van der Waals surface area contributed by atoms with Crippen LogP contribution in [0.1, 0.15) is 38.5 Å². The Morgan fingerprint density at radius 3 is 1.39 bits per heavy atom. The van der Waals surface area contributed by atoms with Gasteiger partial charge in [0.25, 0.3) is 12.1 Å². The summed E-state index contributed by atoms with van der Waals surface area (Å²) in [5.41, 5.74) is -1.63. The number of ether oxygens (including phenoxy) is 1. The van der Waals surface area contributed by atoms with E-state index in [1.165, 1.54) is 0 Å². The summed E-state index contributed by atoms with van der Waals surface area (Å²) in [6.07, 6.45) is -11.7. The molecule has 170 valence electrons. The maximum atomic E-state index is 13.5. The number of hydrogen-bond donors (Lipinski definition) is 3. The number of carboxylic acids is 3. The molecule has 10 nitrogen and oxygen atoms in total. The number of allylic oxidation sites excluding steroid dienone is 1. The molecule has 3 unspecified atom stereocenters. The van der Waals surface area contributed by atoms with E-state index in [0.29, 0.717) is 6.08 Å². The fourth-order valence-corrected chi connectivity index (χ4v) is 2.60. The topological polar surface area (TPSA) is 178 Å². The van der Waals surface area contributed by atoms with E-state index in [1.54, 1.807) is 0 Å². The minimum atomic E-state index is -2.41. The second-order valence-electron chi connectivity index (χ2n) is 6.40. The molecule has 3 N–H and O–H groups in total. The third-order valence-electron chi connectivity index (χ3n) is 4.25. The van der Waals surface area contributed by atoms with Crippen molar-refractivity contribution in [2.24, 2.45) is 5.41 Å². The zero-order valence-electron chi connectivity index (χ0n) is 16.5. The van der Waals surface area contributed by atoms with Crippen LogP contribution in [-0.2, 0) is 23.9 Å². The summed E-state index contributed by atoms with van der Waals surface area (Å²) in [5, 5.41) is 36.3. The minimum Gasteiger partial charge on any atom is -0.481 e. The van der Waals surface area contributed by atoms with Gasteiger partial charge >= 0.3 is 69.3 Å². The molecule has 0 aromatic heterocycles. The first kappa shape index (κ1) is 31.7. The molecule has 0 bridgehead atoms. The molecule has 0 saturated carbocycles. The van der Waals surface area contributed by atoms with Gasteiger partial charge in [-0.3, -0.25) is 4.79 Å².